The van der Waals surface area contributed by atoms with Crippen LogP contribution in [0.5, 0.6) is 0 Å². The van der Waals surface area contributed by atoms with E-state index in [9.17, 15) is 8.42 Å². The largest absolute Gasteiger partial charge is 0.384 e. The second-order valence-corrected chi connectivity index (χ2v) is 3.45. The summed E-state index contributed by atoms with van der Waals surface area (Å²) in [4.78, 5) is 0. The first-order chi connectivity index (χ1) is 2.56. The zero-order chi connectivity index (χ0) is 5.21. The maximum absolute atomic E-state index is 9.51. The van der Waals surface area contributed by atoms with E-state index in [0.29, 0.717) is 0 Å². The van der Waals surface area contributed by atoms with Gasteiger partial charge in [-0.2, -0.15) is 0 Å². The summed E-state index contributed by atoms with van der Waals surface area (Å²) >= 11 is 2.53. The van der Waals surface area contributed by atoms with Crippen molar-refractivity contribution in [3.05, 3.63) is 0 Å². The summed E-state index contributed by atoms with van der Waals surface area (Å²) in [6, 6.07) is 0. The molecule has 0 saturated heterocycles. The highest BCUT2D eigenvalue weighted by Crippen LogP contribution is 1.81. The van der Waals surface area contributed by atoms with Crippen LogP contribution in [0.4, 0.5) is 0 Å². The van der Waals surface area contributed by atoms with Crippen LogP contribution in [0.2, 0.25) is 0 Å². The van der Waals surface area contributed by atoms with Crippen LogP contribution in [0.15, 0.2) is 0 Å². The van der Waals surface area contributed by atoms with Crippen LogP contribution in [0.3, 0.4) is 0 Å². The first-order valence-corrected chi connectivity index (χ1v) is 3.80. The van der Waals surface area contributed by atoms with Crippen LogP contribution in [0.1, 0.15) is 0 Å². The summed E-state index contributed by atoms with van der Waals surface area (Å²) in [7, 11) is -3.75. The van der Waals surface area contributed by atoms with Gasteiger partial charge in [-0.25, -0.2) is 8.42 Å². The molecule has 0 heterocycles. The lowest BCUT2D eigenvalue weighted by Gasteiger charge is -1.76. The Bertz CT molecular complexity index is 113. The van der Waals surface area contributed by atoms with E-state index in [1.165, 1.54) is 0 Å². The van der Waals surface area contributed by atoms with Crippen molar-refractivity contribution >= 4 is 31.1 Å². The third-order valence-corrected chi connectivity index (χ3v) is 2.15. The van der Waals surface area contributed by atoms with Gasteiger partial charge >= 0.3 is 5.38 Å². The second-order valence-electron chi connectivity index (χ2n) is 0.691. The molecule has 0 fully saturated rings. The van der Waals surface area contributed by atoms with E-state index in [1.54, 1.807) is 0 Å². The van der Waals surface area contributed by atoms with Gasteiger partial charge in [0, 0.05) is 0 Å². The van der Waals surface area contributed by atoms with Gasteiger partial charge < -0.3 is 0 Å². The molecular formula is H2BBrO3S. The fourth-order valence-electron chi connectivity index (χ4n) is 0. The standard InChI is InChI=1S/BBrH2O3S/c2-1-6(3,4)5/h1H,(H,3,4,5). The summed E-state index contributed by atoms with van der Waals surface area (Å²) in [6.45, 7) is 0. The van der Waals surface area contributed by atoms with Crippen LogP contribution in [-0.4, -0.2) is 18.4 Å². The molecule has 0 aromatic rings. The van der Waals surface area contributed by atoms with Crippen molar-refractivity contribution in [3.8, 4) is 0 Å². The molecule has 0 amide bonds. The van der Waals surface area contributed by atoms with Gasteiger partial charge in [0.2, 0.25) is 9.97 Å². The molecule has 0 rings (SSSR count). The van der Waals surface area contributed by atoms with E-state index in [1.807, 2.05) is 0 Å². The monoisotopic (exact) mass is 172 g/mol. The molecule has 3 nitrogen and oxygen atoms in total. The topological polar surface area (TPSA) is 54.4 Å². The molecule has 0 bridgehead atoms. The Labute approximate surface area is 44.6 Å². The van der Waals surface area contributed by atoms with E-state index < -0.39 is 9.97 Å². The lowest BCUT2D eigenvalue weighted by Crippen LogP contribution is -1.99. The van der Waals surface area contributed by atoms with Crippen LogP contribution in [-0.2, 0) is 9.97 Å². The van der Waals surface area contributed by atoms with Crippen LogP contribution < -0.4 is 0 Å². The highest BCUT2D eigenvalue weighted by molar-refractivity contribution is 9.27. The Morgan fingerprint density at radius 3 is 1.83 bits per heavy atom. The molecule has 0 saturated carbocycles. The van der Waals surface area contributed by atoms with Gasteiger partial charge in [-0.3, -0.25) is 4.55 Å². The molecule has 6 heteroatoms. The van der Waals surface area contributed by atoms with Crippen molar-refractivity contribution in [1.82, 2.24) is 0 Å². The van der Waals surface area contributed by atoms with Gasteiger partial charge in [0.25, 0.3) is 0 Å². The summed E-state index contributed by atoms with van der Waals surface area (Å²) in [5.41, 5.74) is 0. The molecule has 0 aromatic heterocycles. The predicted octanol–water partition coefficient (Wildman–Crippen LogP) is -0.464. The van der Waals surface area contributed by atoms with E-state index in [0.717, 1.165) is 0 Å². The normalized spacial score (nSPS) is 11.0. The highest BCUT2D eigenvalue weighted by atomic mass is 79.9. The van der Waals surface area contributed by atoms with Crippen molar-refractivity contribution in [1.29, 1.82) is 0 Å². The lowest BCUT2D eigenvalue weighted by molar-refractivity contribution is 0.501. The average Bonchev–Trinajstić information content (AvgIpc) is 1.35. The van der Waals surface area contributed by atoms with Crippen LogP contribution >= 0.6 is 15.8 Å². The predicted molar refractivity (Wildman–Crippen MR) is 27.6 cm³/mol. The molecule has 0 aromatic carbocycles. The first-order valence-electron chi connectivity index (χ1n) is 1.07. The van der Waals surface area contributed by atoms with Gasteiger partial charge in [-0.1, -0.05) is 0 Å². The van der Waals surface area contributed by atoms with Crippen molar-refractivity contribution in [2.24, 2.45) is 0 Å². The van der Waals surface area contributed by atoms with Gasteiger partial charge in [0.15, 0.2) is 0 Å². The Balaban J connectivity index is 3.85. The van der Waals surface area contributed by atoms with Gasteiger partial charge in [-0.15, -0.1) is 15.8 Å². The van der Waals surface area contributed by atoms with E-state index in [4.69, 9.17) is 4.55 Å². The Morgan fingerprint density at radius 1 is 1.67 bits per heavy atom. The van der Waals surface area contributed by atoms with Crippen molar-refractivity contribution < 1.29 is 13.0 Å². The minimum absolute atomic E-state index is 0.389. The fraction of sp³-hybridized carbons (Fsp3) is 0. The molecule has 0 aliphatic rings. The average molecular weight is 173 g/mol. The number of hydrogen-bond donors (Lipinski definition) is 1. The Morgan fingerprint density at radius 2 is 1.83 bits per heavy atom. The van der Waals surface area contributed by atoms with Crippen molar-refractivity contribution in [2.75, 3.05) is 0 Å². The first kappa shape index (κ1) is 6.45. The van der Waals surface area contributed by atoms with E-state index in [-0.39, 0.29) is 5.38 Å². The van der Waals surface area contributed by atoms with Crippen molar-refractivity contribution in [3.63, 3.8) is 0 Å². The summed E-state index contributed by atoms with van der Waals surface area (Å²) in [5.74, 6) is 0. The second kappa shape index (κ2) is 1.95. The number of rotatable bonds is 1. The number of hydrogen-bond acceptors (Lipinski definition) is 2. The van der Waals surface area contributed by atoms with Crippen LogP contribution in [0.25, 0.3) is 0 Å². The molecule has 0 radical (unpaired) electrons. The molecule has 36 valence electrons. The SMILES string of the molecule is O=S(=O)(O)BBr. The third kappa shape index (κ3) is 4.45. The zero-order valence-electron chi connectivity index (χ0n) is 2.76. The summed E-state index contributed by atoms with van der Waals surface area (Å²) in [6.07, 6.45) is 0. The number of halogens is 1. The van der Waals surface area contributed by atoms with E-state index in [2.05, 4.69) is 15.8 Å². The molecule has 6 heavy (non-hydrogen) atoms. The molecule has 0 aliphatic heterocycles. The Kier molecular flexibility index (Phi) is 2.10. The minimum Gasteiger partial charge on any atom is -0.294 e. The van der Waals surface area contributed by atoms with Gasteiger partial charge in [-0.05, 0) is 0 Å². The molecule has 0 unspecified atom stereocenters. The summed E-state index contributed by atoms with van der Waals surface area (Å²) in [5, 5.41) is -0.389. The quantitative estimate of drug-likeness (QED) is 0.430. The molecule has 0 atom stereocenters. The maximum atomic E-state index is 9.51. The minimum atomic E-state index is -3.75. The Hall–Kier alpha value is 0.455. The molecular weight excluding hydrogens is 171 g/mol. The highest BCUT2D eigenvalue weighted by Gasteiger charge is 1.99. The molecule has 0 aliphatic carbocycles. The van der Waals surface area contributed by atoms with Gasteiger partial charge in [0.05, 0.1) is 0 Å². The third-order valence-electron chi connectivity index (χ3n) is 0.138. The maximum Gasteiger partial charge on any atom is 0.384 e. The molecule has 0 spiro atoms. The summed E-state index contributed by atoms with van der Waals surface area (Å²) < 4.78 is 26.8. The molecule has 1 N–H and O–H groups in total. The van der Waals surface area contributed by atoms with Crippen LogP contribution in [0, 0.1) is 0 Å². The van der Waals surface area contributed by atoms with Crippen molar-refractivity contribution in [2.45, 2.75) is 0 Å². The zero-order valence-corrected chi connectivity index (χ0v) is 5.16. The van der Waals surface area contributed by atoms with E-state index >= 15 is 0 Å². The lowest BCUT2D eigenvalue weighted by atomic mass is 10.7. The van der Waals surface area contributed by atoms with Gasteiger partial charge in [0.1, 0.15) is 0 Å². The smallest absolute Gasteiger partial charge is 0.294 e. The fourth-order valence-corrected chi connectivity index (χ4v) is 0.